The summed E-state index contributed by atoms with van der Waals surface area (Å²) in [6.07, 6.45) is 6.65. The summed E-state index contributed by atoms with van der Waals surface area (Å²) < 4.78 is 13.1. The van der Waals surface area contributed by atoms with Gasteiger partial charge in [0.15, 0.2) is 0 Å². The standard InChI is InChI=1S/C24H32FN3O2/c25-20-6-4-17(5-7-20)13-24(30)26-10-8-21(9-11-26)27-14-18-12-19(16-27)22-2-1-3-23(29)28(22)15-18/h4-7,18-19,21-22H,1-3,8-16H2/t18-,19-,22-/m1/s1. The lowest BCUT2D eigenvalue weighted by Crippen LogP contribution is -2.62. The van der Waals surface area contributed by atoms with E-state index < -0.39 is 0 Å². The van der Waals surface area contributed by atoms with E-state index >= 15 is 0 Å². The molecule has 5 rings (SSSR count). The molecule has 4 aliphatic heterocycles. The summed E-state index contributed by atoms with van der Waals surface area (Å²) in [4.78, 5) is 31.9. The summed E-state index contributed by atoms with van der Waals surface area (Å²) in [5.41, 5.74) is 0.874. The van der Waals surface area contributed by atoms with Crippen LogP contribution in [0.15, 0.2) is 24.3 Å². The summed E-state index contributed by atoms with van der Waals surface area (Å²) in [6.45, 7) is 4.78. The third-order valence-electron chi connectivity index (χ3n) is 7.81. The molecule has 162 valence electrons. The molecule has 4 heterocycles. The Morgan fingerprint density at radius 1 is 1.03 bits per heavy atom. The van der Waals surface area contributed by atoms with Crippen LogP contribution in [0.5, 0.6) is 0 Å². The Hall–Kier alpha value is -1.95. The van der Waals surface area contributed by atoms with E-state index in [1.807, 2.05) is 4.90 Å². The topological polar surface area (TPSA) is 43.9 Å². The number of hydrogen-bond donors (Lipinski definition) is 0. The van der Waals surface area contributed by atoms with Gasteiger partial charge in [0.2, 0.25) is 11.8 Å². The molecule has 2 amide bonds. The number of piperidine rings is 4. The molecule has 4 aliphatic rings. The molecule has 4 fully saturated rings. The van der Waals surface area contributed by atoms with Crippen molar-refractivity contribution >= 4 is 11.8 Å². The highest BCUT2D eigenvalue weighted by atomic mass is 19.1. The van der Waals surface area contributed by atoms with Crippen molar-refractivity contribution in [3.05, 3.63) is 35.6 Å². The summed E-state index contributed by atoms with van der Waals surface area (Å²) in [5, 5.41) is 0. The summed E-state index contributed by atoms with van der Waals surface area (Å²) >= 11 is 0. The van der Waals surface area contributed by atoms with E-state index in [0.717, 1.165) is 64.0 Å². The van der Waals surface area contributed by atoms with Gasteiger partial charge in [-0.3, -0.25) is 14.5 Å². The van der Waals surface area contributed by atoms with Gasteiger partial charge in [0.1, 0.15) is 5.82 Å². The number of benzene rings is 1. The minimum atomic E-state index is -0.265. The van der Waals surface area contributed by atoms with Crippen molar-refractivity contribution in [2.75, 3.05) is 32.7 Å². The lowest BCUT2D eigenvalue weighted by molar-refractivity contribution is -0.146. The van der Waals surface area contributed by atoms with Crippen LogP contribution in [0.4, 0.5) is 4.39 Å². The van der Waals surface area contributed by atoms with Gasteiger partial charge >= 0.3 is 0 Å². The van der Waals surface area contributed by atoms with E-state index in [1.165, 1.54) is 25.0 Å². The van der Waals surface area contributed by atoms with Crippen molar-refractivity contribution in [2.24, 2.45) is 11.8 Å². The molecule has 1 aromatic carbocycles. The Labute approximate surface area is 178 Å². The van der Waals surface area contributed by atoms with Crippen LogP contribution in [0.25, 0.3) is 0 Å². The van der Waals surface area contributed by atoms with Gasteiger partial charge in [-0.1, -0.05) is 12.1 Å². The lowest BCUT2D eigenvalue weighted by atomic mass is 9.75. The van der Waals surface area contributed by atoms with Crippen LogP contribution < -0.4 is 0 Å². The van der Waals surface area contributed by atoms with Gasteiger partial charge in [0.05, 0.1) is 6.42 Å². The fourth-order valence-electron chi connectivity index (χ4n) is 6.32. The average Bonchev–Trinajstić information content (AvgIpc) is 2.76. The van der Waals surface area contributed by atoms with Crippen LogP contribution in [0, 0.1) is 17.7 Å². The number of likely N-dealkylation sites (tertiary alicyclic amines) is 2. The normalized spacial score (nSPS) is 30.3. The molecule has 2 bridgehead atoms. The number of rotatable bonds is 3. The highest BCUT2D eigenvalue weighted by Gasteiger charge is 2.45. The van der Waals surface area contributed by atoms with Gasteiger partial charge in [-0.15, -0.1) is 0 Å². The molecule has 0 saturated carbocycles. The first-order valence-corrected chi connectivity index (χ1v) is 11.6. The van der Waals surface area contributed by atoms with Crippen molar-refractivity contribution < 1.29 is 14.0 Å². The zero-order valence-corrected chi connectivity index (χ0v) is 17.6. The Morgan fingerprint density at radius 2 is 1.80 bits per heavy atom. The number of nitrogens with zero attached hydrogens (tertiary/aromatic N) is 3. The van der Waals surface area contributed by atoms with Crippen molar-refractivity contribution in [3.8, 4) is 0 Å². The summed E-state index contributed by atoms with van der Waals surface area (Å²) in [7, 11) is 0. The van der Waals surface area contributed by atoms with E-state index in [4.69, 9.17) is 0 Å². The third-order valence-corrected chi connectivity index (χ3v) is 7.81. The maximum Gasteiger partial charge on any atom is 0.226 e. The van der Waals surface area contributed by atoms with Crippen molar-refractivity contribution in [3.63, 3.8) is 0 Å². The Bertz CT molecular complexity index is 790. The predicted octanol–water partition coefficient (Wildman–Crippen LogP) is 2.69. The second kappa shape index (κ2) is 8.29. The molecule has 0 radical (unpaired) electrons. The maximum absolute atomic E-state index is 13.1. The van der Waals surface area contributed by atoms with E-state index in [2.05, 4.69) is 9.80 Å². The third kappa shape index (κ3) is 3.98. The number of halogens is 1. The molecule has 0 aliphatic carbocycles. The smallest absolute Gasteiger partial charge is 0.226 e. The first-order chi connectivity index (χ1) is 14.6. The quantitative estimate of drug-likeness (QED) is 0.765. The van der Waals surface area contributed by atoms with Crippen LogP contribution in [-0.4, -0.2) is 71.3 Å². The second-order valence-corrected chi connectivity index (χ2v) is 9.74. The zero-order chi connectivity index (χ0) is 20.7. The Kier molecular flexibility index (Phi) is 5.52. The summed E-state index contributed by atoms with van der Waals surface area (Å²) in [5.74, 6) is 1.49. The van der Waals surface area contributed by atoms with E-state index in [1.54, 1.807) is 12.1 Å². The monoisotopic (exact) mass is 413 g/mol. The highest BCUT2D eigenvalue weighted by molar-refractivity contribution is 5.79. The fourth-order valence-corrected chi connectivity index (χ4v) is 6.32. The van der Waals surface area contributed by atoms with E-state index in [9.17, 15) is 14.0 Å². The second-order valence-electron chi connectivity index (χ2n) is 9.74. The van der Waals surface area contributed by atoms with E-state index in [0.29, 0.717) is 36.2 Å². The molecule has 6 heteroatoms. The van der Waals surface area contributed by atoms with Gasteiger partial charge in [0, 0.05) is 51.2 Å². The van der Waals surface area contributed by atoms with Crippen molar-refractivity contribution in [2.45, 2.75) is 57.0 Å². The Morgan fingerprint density at radius 3 is 2.57 bits per heavy atom. The van der Waals surface area contributed by atoms with Crippen LogP contribution >= 0.6 is 0 Å². The molecule has 3 atom stereocenters. The Balaban J connectivity index is 1.15. The molecular weight excluding hydrogens is 381 g/mol. The first kappa shape index (κ1) is 20.0. The van der Waals surface area contributed by atoms with E-state index in [-0.39, 0.29) is 11.7 Å². The van der Waals surface area contributed by atoms with Crippen LogP contribution in [0.1, 0.15) is 44.1 Å². The first-order valence-electron chi connectivity index (χ1n) is 11.6. The zero-order valence-electron chi connectivity index (χ0n) is 17.6. The molecular formula is C24H32FN3O2. The maximum atomic E-state index is 13.1. The SMILES string of the molecule is O=C(Cc1ccc(F)cc1)N1CCC(N2C[C@H]3C[C@H](C2)[C@H]2CCCC(=O)N2C3)CC1. The summed E-state index contributed by atoms with van der Waals surface area (Å²) in [6, 6.07) is 7.25. The van der Waals surface area contributed by atoms with Crippen molar-refractivity contribution in [1.29, 1.82) is 0 Å². The molecule has 0 spiro atoms. The average molecular weight is 414 g/mol. The predicted molar refractivity (Wildman–Crippen MR) is 112 cm³/mol. The molecule has 4 saturated heterocycles. The minimum Gasteiger partial charge on any atom is -0.342 e. The fraction of sp³-hybridized carbons (Fsp3) is 0.667. The molecule has 1 aromatic rings. The molecule has 0 N–H and O–H groups in total. The van der Waals surface area contributed by atoms with Gasteiger partial charge in [0.25, 0.3) is 0 Å². The largest absolute Gasteiger partial charge is 0.342 e. The minimum absolute atomic E-state index is 0.145. The number of hydrogen-bond acceptors (Lipinski definition) is 3. The number of carbonyl (C=O) groups is 2. The van der Waals surface area contributed by atoms with Gasteiger partial charge < -0.3 is 9.80 Å². The van der Waals surface area contributed by atoms with Crippen LogP contribution in [0.3, 0.4) is 0 Å². The number of carbonyl (C=O) groups excluding carboxylic acids is 2. The molecule has 30 heavy (non-hydrogen) atoms. The molecule has 0 unspecified atom stereocenters. The van der Waals surface area contributed by atoms with Crippen molar-refractivity contribution in [1.82, 2.24) is 14.7 Å². The number of fused-ring (bicyclic) bond motifs is 4. The molecule has 5 nitrogen and oxygen atoms in total. The van der Waals surface area contributed by atoms with Crippen LogP contribution in [-0.2, 0) is 16.0 Å². The van der Waals surface area contributed by atoms with Crippen LogP contribution in [0.2, 0.25) is 0 Å². The van der Waals surface area contributed by atoms with Gasteiger partial charge in [-0.2, -0.15) is 0 Å². The van der Waals surface area contributed by atoms with Gasteiger partial charge in [-0.25, -0.2) is 4.39 Å². The van der Waals surface area contributed by atoms with Gasteiger partial charge in [-0.05, 0) is 61.6 Å². The molecule has 0 aromatic heterocycles. The number of amides is 2. The lowest BCUT2D eigenvalue weighted by Gasteiger charge is -2.54. The highest BCUT2D eigenvalue weighted by Crippen LogP contribution is 2.39.